The Balaban J connectivity index is 1.32. The average molecular weight is 567 g/mol. The van der Waals surface area contributed by atoms with Gasteiger partial charge in [0.1, 0.15) is 5.75 Å². The number of anilines is 2. The zero-order valence-corrected chi connectivity index (χ0v) is 23.6. The zero-order chi connectivity index (χ0) is 29.5. The lowest BCUT2D eigenvalue weighted by molar-refractivity contribution is -0.115. The number of rotatable bonds is 7. The summed E-state index contributed by atoms with van der Waals surface area (Å²) in [6.45, 7) is 4.90. The van der Waals surface area contributed by atoms with Gasteiger partial charge in [0.2, 0.25) is 5.91 Å². The fourth-order valence-corrected chi connectivity index (χ4v) is 5.24. The number of nitrogens with one attached hydrogen (secondary N) is 2. The van der Waals surface area contributed by atoms with E-state index < -0.39 is 0 Å². The molecule has 2 N–H and O–H groups in total. The van der Waals surface area contributed by atoms with Gasteiger partial charge in [-0.2, -0.15) is 5.26 Å². The van der Waals surface area contributed by atoms with Crippen LogP contribution in [-0.4, -0.2) is 87.0 Å². The molecule has 42 heavy (non-hydrogen) atoms. The van der Waals surface area contributed by atoms with Crippen molar-refractivity contribution in [2.75, 3.05) is 69.7 Å². The second-order valence-corrected chi connectivity index (χ2v) is 10.3. The number of nitriles is 1. The normalized spacial score (nSPS) is 15.1. The summed E-state index contributed by atoms with van der Waals surface area (Å²) in [4.78, 5) is 45.2. The van der Waals surface area contributed by atoms with Crippen molar-refractivity contribution in [1.82, 2.24) is 15.1 Å². The highest BCUT2D eigenvalue weighted by Gasteiger charge is 2.26. The lowest BCUT2D eigenvalue weighted by Gasteiger charge is -2.37. The SMILES string of the molecule is COc1ccc(CC(=O)Nc2cc(C(=O)N3CCNCC3)ccc2N2CCN(C(=O)c3ccc(C#N)cc3)CC2)cc1. The number of piperazine rings is 2. The Hall–Kier alpha value is -4.88. The smallest absolute Gasteiger partial charge is 0.254 e. The van der Waals surface area contributed by atoms with Crippen LogP contribution in [0.25, 0.3) is 0 Å². The van der Waals surface area contributed by atoms with E-state index >= 15 is 0 Å². The lowest BCUT2D eigenvalue weighted by Crippen LogP contribution is -2.49. The zero-order valence-electron chi connectivity index (χ0n) is 23.6. The second-order valence-electron chi connectivity index (χ2n) is 10.3. The molecule has 0 aromatic heterocycles. The molecule has 5 rings (SSSR count). The van der Waals surface area contributed by atoms with Gasteiger partial charge in [-0.3, -0.25) is 14.4 Å². The largest absolute Gasteiger partial charge is 0.497 e. The highest BCUT2D eigenvalue weighted by molar-refractivity contribution is 6.00. The summed E-state index contributed by atoms with van der Waals surface area (Å²) >= 11 is 0. The predicted octanol–water partition coefficient (Wildman–Crippen LogP) is 2.76. The Morgan fingerprint density at radius 2 is 1.45 bits per heavy atom. The summed E-state index contributed by atoms with van der Waals surface area (Å²) in [6.07, 6.45) is 0.173. The first-order chi connectivity index (χ1) is 20.4. The number of ether oxygens (including phenoxy) is 1. The molecular weight excluding hydrogens is 532 g/mol. The number of methoxy groups -OCH3 is 1. The molecule has 0 unspecified atom stereocenters. The summed E-state index contributed by atoms with van der Waals surface area (Å²) in [6, 6.07) is 21.5. The average Bonchev–Trinajstić information content (AvgIpc) is 3.05. The number of amides is 3. The van der Waals surface area contributed by atoms with Crippen LogP contribution in [0.5, 0.6) is 5.75 Å². The number of hydrogen-bond donors (Lipinski definition) is 2. The van der Waals surface area contributed by atoms with Crippen LogP contribution in [0.3, 0.4) is 0 Å². The van der Waals surface area contributed by atoms with Crippen molar-refractivity contribution in [1.29, 1.82) is 5.26 Å². The van der Waals surface area contributed by atoms with Gasteiger partial charge < -0.3 is 30.1 Å². The first-order valence-corrected chi connectivity index (χ1v) is 14.1. The quantitative estimate of drug-likeness (QED) is 0.452. The number of benzene rings is 3. The molecule has 3 amide bonds. The van der Waals surface area contributed by atoms with Gasteiger partial charge in [-0.05, 0) is 60.2 Å². The molecule has 2 heterocycles. The van der Waals surface area contributed by atoms with Crippen LogP contribution < -0.4 is 20.3 Å². The standard InChI is InChI=1S/C32H34N6O4/c1-42-27-9-4-23(5-10-27)20-30(39)35-28-21-26(32(41)37-14-12-34-13-15-37)8-11-29(28)36-16-18-38(19-17-36)31(40)25-6-2-24(22-33)3-7-25/h2-11,21,34H,12-20H2,1H3,(H,35,39). The molecule has 3 aromatic rings. The van der Waals surface area contributed by atoms with Crippen LogP contribution in [0.4, 0.5) is 11.4 Å². The molecule has 0 bridgehead atoms. The molecule has 2 aliphatic heterocycles. The van der Waals surface area contributed by atoms with Gasteiger partial charge in [0.15, 0.2) is 0 Å². The third kappa shape index (κ3) is 6.70. The van der Waals surface area contributed by atoms with E-state index in [0.717, 1.165) is 30.1 Å². The summed E-state index contributed by atoms with van der Waals surface area (Å²) < 4.78 is 5.21. The fourth-order valence-electron chi connectivity index (χ4n) is 5.24. The molecule has 0 radical (unpaired) electrons. The van der Waals surface area contributed by atoms with Gasteiger partial charge in [-0.1, -0.05) is 12.1 Å². The Bertz CT molecular complexity index is 1470. The molecule has 3 aromatic carbocycles. The molecule has 10 nitrogen and oxygen atoms in total. The van der Waals surface area contributed by atoms with Crippen molar-refractivity contribution >= 4 is 29.1 Å². The molecule has 216 valence electrons. The number of hydrogen-bond acceptors (Lipinski definition) is 7. The van der Waals surface area contributed by atoms with Crippen molar-refractivity contribution in [2.24, 2.45) is 0 Å². The van der Waals surface area contributed by atoms with E-state index in [2.05, 4.69) is 21.6 Å². The molecule has 2 saturated heterocycles. The molecule has 0 aliphatic carbocycles. The van der Waals surface area contributed by atoms with Crippen LogP contribution >= 0.6 is 0 Å². The van der Waals surface area contributed by atoms with Crippen molar-refractivity contribution in [3.63, 3.8) is 0 Å². The summed E-state index contributed by atoms with van der Waals surface area (Å²) in [5.74, 6) is 0.385. The van der Waals surface area contributed by atoms with Gasteiger partial charge in [0.25, 0.3) is 11.8 Å². The van der Waals surface area contributed by atoms with Gasteiger partial charge in [0, 0.05) is 63.5 Å². The van der Waals surface area contributed by atoms with E-state index in [9.17, 15) is 14.4 Å². The molecule has 0 spiro atoms. The Labute approximate surface area is 245 Å². The Kier molecular flexibility index (Phi) is 8.99. The van der Waals surface area contributed by atoms with Crippen LogP contribution in [0.15, 0.2) is 66.7 Å². The van der Waals surface area contributed by atoms with E-state index in [4.69, 9.17) is 10.00 Å². The number of carbonyl (C=O) groups is 3. The topological polar surface area (TPSA) is 118 Å². The number of carbonyl (C=O) groups excluding carboxylic acids is 3. The van der Waals surface area contributed by atoms with Crippen LogP contribution in [0.2, 0.25) is 0 Å². The maximum Gasteiger partial charge on any atom is 0.254 e. The lowest BCUT2D eigenvalue weighted by atomic mass is 10.1. The highest BCUT2D eigenvalue weighted by atomic mass is 16.5. The van der Waals surface area contributed by atoms with Gasteiger partial charge in [-0.15, -0.1) is 0 Å². The highest BCUT2D eigenvalue weighted by Crippen LogP contribution is 2.30. The van der Waals surface area contributed by atoms with Crippen molar-refractivity contribution in [2.45, 2.75) is 6.42 Å². The molecule has 0 saturated carbocycles. The maximum absolute atomic E-state index is 13.3. The number of nitrogens with zero attached hydrogens (tertiary/aromatic N) is 4. The first-order valence-electron chi connectivity index (χ1n) is 14.1. The third-order valence-corrected chi connectivity index (χ3v) is 7.61. The second kappa shape index (κ2) is 13.2. The third-order valence-electron chi connectivity index (χ3n) is 7.61. The van der Waals surface area contributed by atoms with Crippen LogP contribution in [0.1, 0.15) is 31.8 Å². The summed E-state index contributed by atoms with van der Waals surface area (Å²) in [7, 11) is 1.60. The summed E-state index contributed by atoms with van der Waals surface area (Å²) in [5, 5.41) is 15.3. The molecular formula is C32H34N6O4. The van der Waals surface area contributed by atoms with Gasteiger partial charge in [-0.25, -0.2) is 0 Å². The van der Waals surface area contributed by atoms with E-state index in [-0.39, 0.29) is 24.1 Å². The van der Waals surface area contributed by atoms with E-state index in [1.54, 1.807) is 42.3 Å². The minimum absolute atomic E-state index is 0.0634. The summed E-state index contributed by atoms with van der Waals surface area (Å²) in [5.41, 5.74) is 3.80. The monoisotopic (exact) mass is 566 g/mol. The molecule has 2 aliphatic rings. The maximum atomic E-state index is 13.3. The van der Waals surface area contributed by atoms with Gasteiger partial charge in [0.05, 0.1) is 36.5 Å². The Morgan fingerprint density at radius 3 is 2.10 bits per heavy atom. The van der Waals surface area contributed by atoms with Gasteiger partial charge >= 0.3 is 0 Å². The van der Waals surface area contributed by atoms with Crippen molar-refractivity contribution < 1.29 is 19.1 Å². The van der Waals surface area contributed by atoms with E-state index in [1.807, 2.05) is 41.3 Å². The van der Waals surface area contributed by atoms with Crippen LogP contribution in [0, 0.1) is 11.3 Å². The van der Waals surface area contributed by atoms with E-state index in [0.29, 0.717) is 61.6 Å². The first kappa shape index (κ1) is 28.6. The van der Waals surface area contributed by atoms with E-state index in [1.165, 1.54) is 0 Å². The van der Waals surface area contributed by atoms with Crippen molar-refractivity contribution in [3.05, 3.63) is 89.0 Å². The van der Waals surface area contributed by atoms with Crippen molar-refractivity contribution in [3.8, 4) is 11.8 Å². The fraction of sp³-hybridized carbons (Fsp3) is 0.312. The molecule has 2 fully saturated rings. The Morgan fingerprint density at radius 1 is 0.833 bits per heavy atom. The minimum Gasteiger partial charge on any atom is -0.497 e. The molecule has 0 atom stereocenters. The van der Waals surface area contributed by atoms with Crippen LogP contribution in [-0.2, 0) is 11.2 Å². The minimum atomic E-state index is -0.192. The molecule has 10 heteroatoms. The predicted molar refractivity (Wildman–Crippen MR) is 160 cm³/mol.